The van der Waals surface area contributed by atoms with Gasteiger partial charge in [0.25, 0.3) is 0 Å². The van der Waals surface area contributed by atoms with Gasteiger partial charge in [-0.1, -0.05) is 6.92 Å². The van der Waals surface area contributed by atoms with Crippen LogP contribution in [0.4, 0.5) is 0 Å². The van der Waals surface area contributed by atoms with E-state index in [0.717, 1.165) is 29.1 Å². The monoisotopic (exact) mass is 231 g/mol. The molecule has 2 heterocycles. The molecule has 16 heavy (non-hydrogen) atoms. The molecule has 0 amide bonds. The molecule has 3 nitrogen and oxygen atoms in total. The summed E-state index contributed by atoms with van der Waals surface area (Å²) in [5.41, 5.74) is 3.10. The van der Waals surface area contributed by atoms with Crippen molar-refractivity contribution in [2.24, 2.45) is 0 Å². The minimum absolute atomic E-state index is 0.767. The van der Waals surface area contributed by atoms with Crippen LogP contribution in [0.15, 0.2) is 17.8 Å². The highest BCUT2D eigenvalue weighted by molar-refractivity contribution is 7.09. The third-order valence-corrected chi connectivity index (χ3v) is 3.48. The molecule has 0 bridgehead atoms. The van der Waals surface area contributed by atoms with E-state index in [4.69, 9.17) is 5.26 Å². The first-order chi connectivity index (χ1) is 7.76. The van der Waals surface area contributed by atoms with Crippen molar-refractivity contribution in [2.45, 2.75) is 26.8 Å². The van der Waals surface area contributed by atoms with Gasteiger partial charge in [0.2, 0.25) is 0 Å². The van der Waals surface area contributed by atoms with E-state index in [2.05, 4.69) is 22.5 Å². The zero-order chi connectivity index (χ0) is 11.5. The lowest BCUT2D eigenvalue weighted by Gasteiger charge is -2.05. The first kappa shape index (κ1) is 10.9. The molecule has 0 N–H and O–H groups in total. The van der Waals surface area contributed by atoms with Crippen LogP contribution in [0.3, 0.4) is 0 Å². The van der Waals surface area contributed by atoms with Crippen LogP contribution in [0.25, 0.3) is 0 Å². The molecule has 2 aromatic heterocycles. The molecule has 0 saturated carbocycles. The predicted molar refractivity (Wildman–Crippen MR) is 64.5 cm³/mol. The Morgan fingerprint density at radius 1 is 1.56 bits per heavy atom. The average molecular weight is 231 g/mol. The molecule has 0 spiro atoms. The molecule has 82 valence electrons. The van der Waals surface area contributed by atoms with Crippen molar-refractivity contribution < 1.29 is 0 Å². The maximum atomic E-state index is 9.00. The Kier molecular flexibility index (Phi) is 3.07. The average Bonchev–Trinajstić information content (AvgIpc) is 2.87. The van der Waals surface area contributed by atoms with Crippen molar-refractivity contribution in [1.82, 2.24) is 9.55 Å². The number of nitriles is 1. The Balaban J connectivity index is 2.37. The maximum Gasteiger partial charge on any atom is 0.112 e. The summed E-state index contributed by atoms with van der Waals surface area (Å²) in [6.07, 6.45) is 4.68. The summed E-state index contributed by atoms with van der Waals surface area (Å²) in [5, 5.41) is 12.1. The predicted octanol–water partition coefficient (Wildman–Crippen LogP) is 2.74. The highest BCUT2D eigenvalue weighted by atomic mass is 32.1. The summed E-state index contributed by atoms with van der Waals surface area (Å²) in [5.74, 6) is 0. The van der Waals surface area contributed by atoms with Gasteiger partial charge in [0.15, 0.2) is 0 Å². The standard InChI is InChI=1S/C12H13N3S/c1-3-11-9(2)10(6-13)7-15(11)8-12-14-4-5-16-12/h4-5,7H,3,8H2,1-2H3. The van der Waals surface area contributed by atoms with E-state index in [1.54, 1.807) is 11.3 Å². The lowest BCUT2D eigenvalue weighted by Crippen LogP contribution is -2.02. The zero-order valence-electron chi connectivity index (χ0n) is 9.40. The Labute approximate surface area is 99.0 Å². The lowest BCUT2D eigenvalue weighted by molar-refractivity contribution is 0.742. The van der Waals surface area contributed by atoms with E-state index in [1.165, 1.54) is 5.69 Å². The van der Waals surface area contributed by atoms with E-state index < -0.39 is 0 Å². The molecule has 4 heteroatoms. The second kappa shape index (κ2) is 4.50. The Morgan fingerprint density at radius 2 is 2.38 bits per heavy atom. The van der Waals surface area contributed by atoms with Crippen molar-refractivity contribution in [3.8, 4) is 6.07 Å². The van der Waals surface area contributed by atoms with Gasteiger partial charge in [0.1, 0.15) is 11.1 Å². The topological polar surface area (TPSA) is 41.6 Å². The molecule has 0 fully saturated rings. The quantitative estimate of drug-likeness (QED) is 0.815. The number of aromatic nitrogens is 2. The third kappa shape index (κ3) is 1.86. The number of hydrogen-bond donors (Lipinski definition) is 0. The van der Waals surface area contributed by atoms with Crippen LogP contribution in [-0.2, 0) is 13.0 Å². The fourth-order valence-corrected chi connectivity index (χ4v) is 2.51. The summed E-state index contributed by atoms with van der Waals surface area (Å²) in [6.45, 7) is 4.89. The summed E-state index contributed by atoms with van der Waals surface area (Å²) in [7, 11) is 0. The van der Waals surface area contributed by atoms with Gasteiger partial charge in [0, 0.05) is 23.5 Å². The van der Waals surface area contributed by atoms with Crippen molar-refractivity contribution in [1.29, 1.82) is 5.26 Å². The van der Waals surface area contributed by atoms with Gasteiger partial charge < -0.3 is 4.57 Å². The number of hydrogen-bond acceptors (Lipinski definition) is 3. The molecule has 0 unspecified atom stereocenters. The van der Waals surface area contributed by atoms with Gasteiger partial charge >= 0.3 is 0 Å². The van der Waals surface area contributed by atoms with Crippen LogP contribution in [0, 0.1) is 18.3 Å². The SMILES string of the molecule is CCc1c(C)c(C#N)cn1Cc1nccs1. The highest BCUT2D eigenvalue weighted by Crippen LogP contribution is 2.18. The van der Waals surface area contributed by atoms with Gasteiger partial charge in [-0.3, -0.25) is 0 Å². The molecule has 2 aromatic rings. The van der Waals surface area contributed by atoms with E-state index >= 15 is 0 Å². The lowest BCUT2D eigenvalue weighted by atomic mass is 10.1. The summed E-state index contributed by atoms with van der Waals surface area (Å²) < 4.78 is 2.13. The molecular formula is C12H13N3S. The molecule has 0 aliphatic carbocycles. The number of rotatable bonds is 3. The largest absolute Gasteiger partial charge is 0.343 e. The van der Waals surface area contributed by atoms with Crippen LogP contribution < -0.4 is 0 Å². The van der Waals surface area contributed by atoms with Crippen LogP contribution in [0.1, 0.15) is 28.8 Å². The highest BCUT2D eigenvalue weighted by Gasteiger charge is 2.11. The smallest absolute Gasteiger partial charge is 0.112 e. The maximum absolute atomic E-state index is 9.00. The third-order valence-electron chi connectivity index (χ3n) is 2.71. The molecular weight excluding hydrogens is 218 g/mol. The van der Waals surface area contributed by atoms with Gasteiger partial charge in [-0.05, 0) is 18.9 Å². The fraction of sp³-hybridized carbons (Fsp3) is 0.333. The zero-order valence-corrected chi connectivity index (χ0v) is 10.2. The Hall–Kier alpha value is -1.60. The number of thiazole rings is 1. The molecule has 0 atom stereocenters. The van der Waals surface area contributed by atoms with Gasteiger partial charge in [-0.25, -0.2) is 4.98 Å². The second-order valence-electron chi connectivity index (χ2n) is 3.63. The van der Waals surface area contributed by atoms with Gasteiger partial charge in [0.05, 0.1) is 12.1 Å². The molecule has 0 aliphatic rings. The van der Waals surface area contributed by atoms with Crippen molar-refractivity contribution in [3.05, 3.63) is 39.6 Å². The molecule has 0 radical (unpaired) electrons. The molecule has 0 aromatic carbocycles. The van der Waals surface area contributed by atoms with E-state index in [0.29, 0.717) is 0 Å². The van der Waals surface area contributed by atoms with Crippen molar-refractivity contribution >= 4 is 11.3 Å². The van der Waals surface area contributed by atoms with E-state index in [-0.39, 0.29) is 0 Å². The molecule has 2 rings (SSSR count). The first-order valence-electron chi connectivity index (χ1n) is 5.23. The van der Waals surface area contributed by atoms with E-state index in [1.807, 2.05) is 24.7 Å². The Morgan fingerprint density at radius 3 is 2.94 bits per heavy atom. The summed E-state index contributed by atoms with van der Waals surface area (Å²) >= 11 is 1.64. The van der Waals surface area contributed by atoms with Gasteiger partial charge in [-0.2, -0.15) is 5.26 Å². The van der Waals surface area contributed by atoms with Crippen LogP contribution in [-0.4, -0.2) is 9.55 Å². The van der Waals surface area contributed by atoms with Crippen molar-refractivity contribution in [2.75, 3.05) is 0 Å². The first-order valence-corrected chi connectivity index (χ1v) is 6.11. The fourth-order valence-electron chi connectivity index (χ4n) is 1.90. The van der Waals surface area contributed by atoms with Gasteiger partial charge in [-0.15, -0.1) is 11.3 Å². The van der Waals surface area contributed by atoms with Crippen LogP contribution >= 0.6 is 11.3 Å². The van der Waals surface area contributed by atoms with E-state index in [9.17, 15) is 0 Å². The molecule has 0 aliphatic heterocycles. The normalized spacial score (nSPS) is 10.3. The summed E-state index contributed by atoms with van der Waals surface area (Å²) in [4.78, 5) is 4.27. The second-order valence-corrected chi connectivity index (χ2v) is 4.61. The van der Waals surface area contributed by atoms with Crippen molar-refractivity contribution in [3.63, 3.8) is 0 Å². The summed E-state index contributed by atoms with van der Waals surface area (Å²) in [6, 6.07) is 2.23. The van der Waals surface area contributed by atoms with Crippen LogP contribution in [0.2, 0.25) is 0 Å². The van der Waals surface area contributed by atoms with Crippen LogP contribution in [0.5, 0.6) is 0 Å². The number of nitrogens with zero attached hydrogens (tertiary/aromatic N) is 3. The minimum Gasteiger partial charge on any atom is -0.343 e. The molecule has 0 saturated heterocycles. The Bertz CT molecular complexity index is 517. The minimum atomic E-state index is 0.767.